The molecule has 0 amide bonds. The van der Waals surface area contributed by atoms with Crippen molar-refractivity contribution in [2.45, 2.75) is 32.7 Å². The van der Waals surface area contributed by atoms with Crippen LogP contribution in [0, 0.1) is 0 Å². The third-order valence-corrected chi connectivity index (χ3v) is 4.86. The summed E-state index contributed by atoms with van der Waals surface area (Å²) in [7, 11) is 0. The van der Waals surface area contributed by atoms with E-state index in [1.807, 2.05) is 6.07 Å². The summed E-state index contributed by atoms with van der Waals surface area (Å²) in [4.78, 5) is 4.71. The fraction of sp³-hybridized carbons (Fsp3) is 0.278. The Morgan fingerprint density at radius 1 is 0.952 bits per heavy atom. The van der Waals surface area contributed by atoms with Gasteiger partial charge in [0.05, 0.1) is 16.3 Å². The van der Waals surface area contributed by atoms with Crippen LogP contribution in [0.1, 0.15) is 43.3 Å². The summed E-state index contributed by atoms with van der Waals surface area (Å²) in [5.41, 5.74) is 3.60. The predicted molar refractivity (Wildman–Crippen MR) is 92.2 cm³/mol. The van der Waals surface area contributed by atoms with E-state index in [0.717, 1.165) is 16.2 Å². The normalized spacial score (nSPS) is 12.8. The number of rotatable bonds is 4. The first-order valence-corrected chi connectivity index (χ1v) is 8.17. The van der Waals surface area contributed by atoms with Crippen LogP contribution >= 0.6 is 11.3 Å². The summed E-state index contributed by atoms with van der Waals surface area (Å²) in [6.07, 6.45) is 0. The second-order valence-electron chi connectivity index (χ2n) is 5.66. The molecule has 1 atom stereocenters. The number of nitrogens with one attached hydrogen (secondary N) is 1. The monoisotopic (exact) mass is 296 g/mol. The van der Waals surface area contributed by atoms with Gasteiger partial charge in [-0.15, -0.1) is 11.3 Å². The van der Waals surface area contributed by atoms with Gasteiger partial charge >= 0.3 is 0 Å². The fourth-order valence-electron chi connectivity index (χ4n) is 2.35. The molecule has 3 aromatic rings. The third kappa shape index (κ3) is 3.08. The van der Waals surface area contributed by atoms with Gasteiger partial charge in [-0.25, -0.2) is 4.98 Å². The second kappa shape index (κ2) is 5.86. The molecule has 0 aliphatic rings. The molecule has 1 N–H and O–H groups in total. The van der Waals surface area contributed by atoms with Crippen LogP contribution in [0.15, 0.2) is 48.5 Å². The van der Waals surface area contributed by atoms with Crippen LogP contribution in [0.5, 0.6) is 0 Å². The Morgan fingerprint density at radius 2 is 1.67 bits per heavy atom. The quantitative estimate of drug-likeness (QED) is 0.678. The van der Waals surface area contributed by atoms with Crippen molar-refractivity contribution in [2.75, 3.05) is 5.32 Å². The molecule has 0 saturated carbocycles. The highest BCUT2D eigenvalue weighted by atomic mass is 32.1. The molecule has 3 heteroatoms. The van der Waals surface area contributed by atoms with Gasteiger partial charge in [0.15, 0.2) is 0 Å². The molecule has 1 heterocycles. The number of benzene rings is 2. The van der Waals surface area contributed by atoms with Gasteiger partial charge in [-0.05, 0) is 42.7 Å². The molecule has 1 aromatic heterocycles. The molecule has 0 aliphatic carbocycles. The van der Waals surface area contributed by atoms with Crippen LogP contribution in [0.25, 0.3) is 10.2 Å². The van der Waals surface area contributed by atoms with Crippen LogP contribution in [0.2, 0.25) is 0 Å². The Kier molecular flexibility index (Phi) is 3.93. The van der Waals surface area contributed by atoms with E-state index in [0.29, 0.717) is 5.92 Å². The lowest BCUT2D eigenvalue weighted by molar-refractivity contribution is 0.860. The number of thiazole rings is 1. The molecule has 2 nitrogen and oxygen atoms in total. The molecule has 2 aromatic carbocycles. The van der Waals surface area contributed by atoms with E-state index >= 15 is 0 Å². The topological polar surface area (TPSA) is 24.9 Å². The number of nitrogens with zero attached hydrogens (tertiary/aromatic N) is 1. The Morgan fingerprint density at radius 3 is 2.33 bits per heavy atom. The summed E-state index contributed by atoms with van der Waals surface area (Å²) < 4.78 is 1.25. The maximum atomic E-state index is 4.71. The number of hydrogen-bond acceptors (Lipinski definition) is 3. The highest BCUT2D eigenvalue weighted by Gasteiger charge is 2.11. The summed E-state index contributed by atoms with van der Waals surface area (Å²) in [6.45, 7) is 6.59. The largest absolute Gasteiger partial charge is 0.376 e. The van der Waals surface area contributed by atoms with Gasteiger partial charge in [0.25, 0.3) is 0 Å². The fourth-order valence-corrected chi connectivity index (χ4v) is 3.32. The SMILES string of the molecule is CC(C)c1ccc(NC(C)c2nc3ccccc3s2)cc1. The summed E-state index contributed by atoms with van der Waals surface area (Å²) in [5, 5.41) is 4.66. The molecule has 0 aliphatic heterocycles. The van der Waals surface area contributed by atoms with Crippen LogP contribution < -0.4 is 5.32 Å². The number of fused-ring (bicyclic) bond motifs is 1. The highest BCUT2D eigenvalue weighted by Crippen LogP contribution is 2.28. The smallest absolute Gasteiger partial charge is 0.116 e. The van der Waals surface area contributed by atoms with Crippen molar-refractivity contribution in [3.8, 4) is 0 Å². The minimum atomic E-state index is 0.215. The molecule has 3 rings (SSSR count). The van der Waals surface area contributed by atoms with Crippen LogP contribution in [0.3, 0.4) is 0 Å². The molecule has 0 saturated heterocycles. The first-order chi connectivity index (χ1) is 10.1. The lowest BCUT2D eigenvalue weighted by Crippen LogP contribution is -2.06. The van der Waals surface area contributed by atoms with E-state index in [-0.39, 0.29) is 6.04 Å². The molecule has 0 bridgehead atoms. The lowest BCUT2D eigenvalue weighted by Gasteiger charge is -2.13. The van der Waals surface area contributed by atoms with Crippen molar-refractivity contribution in [3.63, 3.8) is 0 Å². The zero-order valence-electron chi connectivity index (χ0n) is 12.6. The molecular weight excluding hydrogens is 276 g/mol. The van der Waals surface area contributed by atoms with Crippen LogP contribution in [-0.2, 0) is 0 Å². The molecule has 1 unspecified atom stereocenters. The minimum absolute atomic E-state index is 0.215. The lowest BCUT2D eigenvalue weighted by atomic mass is 10.0. The Balaban J connectivity index is 1.77. The molecule has 0 radical (unpaired) electrons. The average molecular weight is 296 g/mol. The summed E-state index contributed by atoms with van der Waals surface area (Å²) in [6, 6.07) is 17.2. The Bertz CT molecular complexity index is 695. The van der Waals surface area contributed by atoms with Crippen molar-refractivity contribution in [1.29, 1.82) is 0 Å². The van der Waals surface area contributed by atoms with Gasteiger partial charge in [0.1, 0.15) is 5.01 Å². The molecule has 0 fully saturated rings. The van der Waals surface area contributed by atoms with E-state index in [4.69, 9.17) is 4.98 Å². The molecular formula is C18H20N2S. The average Bonchev–Trinajstić information content (AvgIpc) is 2.92. The first kappa shape index (κ1) is 14.1. The van der Waals surface area contributed by atoms with Gasteiger partial charge in [-0.3, -0.25) is 0 Å². The van der Waals surface area contributed by atoms with Crippen molar-refractivity contribution in [3.05, 3.63) is 59.1 Å². The second-order valence-corrected chi connectivity index (χ2v) is 6.72. The number of anilines is 1. The van der Waals surface area contributed by atoms with E-state index in [1.54, 1.807) is 11.3 Å². The summed E-state index contributed by atoms with van der Waals surface area (Å²) >= 11 is 1.76. The van der Waals surface area contributed by atoms with Crippen molar-refractivity contribution in [2.24, 2.45) is 0 Å². The standard InChI is InChI=1S/C18H20N2S/c1-12(2)14-8-10-15(11-9-14)19-13(3)18-20-16-6-4-5-7-17(16)21-18/h4-13,19H,1-3H3. The highest BCUT2D eigenvalue weighted by molar-refractivity contribution is 7.18. The predicted octanol–water partition coefficient (Wildman–Crippen LogP) is 5.59. The van der Waals surface area contributed by atoms with E-state index < -0.39 is 0 Å². The van der Waals surface area contributed by atoms with E-state index in [2.05, 4.69) is 68.6 Å². The van der Waals surface area contributed by atoms with E-state index in [9.17, 15) is 0 Å². The van der Waals surface area contributed by atoms with Crippen LogP contribution in [-0.4, -0.2) is 4.98 Å². The van der Waals surface area contributed by atoms with Gasteiger partial charge in [-0.1, -0.05) is 38.1 Å². The van der Waals surface area contributed by atoms with Gasteiger partial charge in [0.2, 0.25) is 0 Å². The van der Waals surface area contributed by atoms with E-state index in [1.165, 1.54) is 10.3 Å². The third-order valence-electron chi connectivity index (χ3n) is 3.64. The number of hydrogen-bond donors (Lipinski definition) is 1. The number of para-hydroxylation sites is 1. The van der Waals surface area contributed by atoms with Crippen molar-refractivity contribution in [1.82, 2.24) is 4.98 Å². The summed E-state index contributed by atoms with van der Waals surface area (Å²) in [5.74, 6) is 0.570. The maximum absolute atomic E-state index is 4.71. The van der Waals surface area contributed by atoms with Gasteiger partial charge in [0, 0.05) is 5.69 Å². The number of aromatic nitrogens is 1. The van der Waals surface area contributed by atoms with Gasteiger partial charge in [-0.2, -0.15) is 0 Å². The first-order valence-electron chi connectivity index (χ1n) is 7.35. The zero-order chi connectivity index (χ0) is 14.8. The minimum Gasteiger partial charge on any atom is -0.376 e. The zero-order valence-corrected chi connectivity index (χ0v) is 13.4. The molecule has 21 heavy (non-hydrogen) atoms. The maximum Gasteiger partial charge on any atom is 0.116 e. The molecule has 0 spiro atoms. The van der Waals surface area contributed by atoms with Crippen molar-refractivity contribution < 1.29 is 0 Å². The Labute approximate surface area is 129 Å². The van der Waals surface area contributed by atoms with Crippen LogP contribution in [0.4, 0.5) is 5.69 Å². The molecule has 108 valence electrons. The van der Waals surface area contributed by atoms with Gasteiger partial charge < -0.3 is 5.32 Å². The van der Waals surface area contributed by atoms with Crippen molar-refractivity contribution >= 4 is 27.2 Å². The Hall–Kier alpha value is -1.87.